The highest BCUT2D eigenvalue weighted by molar-refractivity contribution is 5.58. The first-order chi connectivity index (χ1) is 10.1. The van der Waals surface area contributed by atoms with Crippen molar-refractivity contribution in [1.82, 2.24) is 9.78 Å². The second-order valence-corrected chi connectivity index (χ2v) is 5.87. The average molecular weight is 284 g/mol. The Morgan fingerprint density at radius 2 is 1.95 bits per heavy atom. The number of aromatic nitrogens is 2. The lowest BCUT2D eigenvalue weighted by atomic mass is 10.2. The molecule has 1 fully saturated rings. The van der Waals surface area contributed by atoms with Crippen LogP contribution in [0.2, 0.25) is 0 Å². The van der Waals surface area contributed by atoms with Gasteiger partial charge in [-0.15, -0.1) is 0 Å². The molecule has 1 aromatic carbocycles. The lowest BCUT2D eigenvalue weighted by Crippen LogP contribution is -2.17. The third-order valence-electron chi connectivity index (χ3n) is 4.45. The van der Waals surface area contributed by atoms with Crippen LogP contribution in [0.4, 0.5) is 11.4 Å². The van der Waals surface area contributed by atoms with E-state index in [2.05, 4.69) is 53.4 Å². The van der Waals surface area contributed by atoms with E-state index in [1.165, 1.54) is 48.6 Å². The number of anilines is 2. The van der Waals surface area contributed by atoms with Gasteiger partial charge in [0.05, 0.1) is 5.69 Å². The van der Waals surface area contributed by atoms with Crippen LogP contribution in [0.1, 0.15) is 29.8 Å². The third kappa shape index (κ3) is 2.89. The first-order valence-electron chi connectivity index (χ1n) is 7.73. The highest BCUT2D eigenvalue weighted by Crippen LogP contribution is 2.24. The average Bonchev–Trinajstić information content (AvgIpc) is 3.08. The number of hydrogen-bond acceptors (Lipinski definition) is 3. The second kappa shape index (κ2) is 5.80. The van der Waals surface area contributed by atoms with Gasteiger partial charge < -0.3 is 10.2 Å². The molecule has 4 heteroatoms. The van der Waals surface area contributed by atoms with Gasteiger partial charge in [0.15, 0.2) is 0 Å². The van der Waals surface area contributed by atoms with Crippen molar-refractivity contribution in [2.45, 2.75) is 33.2 Å². The van der Waals surface area contributed by atoms with Crippen molar-refractivity contribution in [3.05, 3.63) is 41.2 Å². The Kier molecular flexibility index (Phi) is 3.86. The molecule has 0 atom stereocenters. The van der Waals surface area contributed by atoms with Crippen molar-refractivity contribution in [3.63, 3.8) is 0 Å². The molecule has 0 aliphatic carbocycles. The first kappa shape index (κ1) is 14.0. The summed E-state index contributed by atoms with van der Waals surface area (Å²) in [5.41, 5.74) is 6.15. The van der Waals surface area contributed by atoms with Gasteiger partial charge in [-0.05, 0) is 44.9 Å². The fourth-order valence-corrected chi connectivity index (χ4v) is 3.05. The van der Waals surface area contributed by atoms with Crippen LogP contribution in [-0.2, 0) is 13.6 Å². The van der Waals surface area contributed by atoms with Crippen LogP contribution in [0.25, 0.3) is 0 Å². The van der Waals surface area contributed by atoms with E-state index in [1.807, 2.05) is 11.7 Å². The van der Waals surface area contributed by atoms with Crippen LogP contribution >= 0.6 is 0 Å². The van der Waals surface area contributed by atoms with Gasteiger partial charge in [-0.1, -0.05) is 6.07 Å². The summed E-state index contributed by atoms with van der Waals surface area (Å²) >= 11 is 0. The molecule has 0 unspecified atom stereocenters. The Balaban J connectivity index is 1.71. The van der Waals surface area contributed by atoms with Gasteiger partial charge >= 0.3 is 0 Å². The topological polar surface area (TPSA) is 33.1 Å². The number of nitrogens with one attached hydrogen (secondary N) is 1. The summed E-state index contributed by atoms with van der Waals surface area (Å²) < 4.78 is 1.95. The number of hydrogen-bond donors (Lipinski definition) is 1. The number of rotatable bonds is 4. The molecule has 1 N–H and O–H groups in total. The van der Waals surface area contributed by atoms with E-state index in [9.17, 15) is 0 Å². The minimum Gasteiger partial charge on any atom is -0.381 e. The summed E-state index contributed by atoms with van der Waals surface area (Å²) in [6, 6.07) is 8.74. The van der Waals surface area contributed by atoms with E-state index < -0.39 is 0 Å². The molecule has 1 saturated heterocycles. The second-order valence-electron chi connectivity index (χ2n) is 5.87. The summed E-state index contributed by atoms with van der Waals surface area (Å²) in [5, 5.41) is 8.01. The highest BCUT2D eigenvalue weighted by Gasteiger charge is 2.13. The van der Waals surface area contributed by atoms with Gasteiger partial charge in [0, 0.05) is 49.3 Å². The van der Waals surface area contributed by atoms with Crippen LogP contribution in [0.3, 0.4) is 0 Å². The Bertz CT molecular complexity index is 624. The van der Waals surface area contributed by atoms with Gasteiger partial charge in [-0.2, -0.15) is 5.10 Å². The van der Waals surface area contributed by atoms with Crippen LogP contribution in [-0.4, -0.2) is 22.9 Å². The summed E-state index contributed by atoms with van der Waals surface area (Å²) in [7, 11) is 2.00. The zero-order chi connectivity index (χ0) is 14.8. The molecule has 112 valence electrons. The maximum absolute atomic E-state index is 4.47. The number of nitrogens with zero attached hydrogens (tertiary/aromatic N) is 3. The minimum atomic E-state index is 0.828. The van der Waals surface area contributed by atoms with Crippen LogP contribution in [0, 0.1) is 13.8 Å². The zero-order valence-electron chi connectivity index (χ0n) is 13.2. The molecule has 1 aliphatic heterocycles. The molecular formula is C17H24N4. The van der Waals surface area contributed by atoms with Crippen molar-refractivity contribution >= 4 is 11.4 Å². The van der Waals surface area contributed by atoms with E-state index >= 15 is 0 Å². The van der Waals surface area contributed by atoms with E-state index in [0.717, 1.165) is 12.2 Å². The predicted molar refractivity (Wildman–Crippen MR) is 87.9 cm³/mol. The number of benzene rings is 1. The molecule has 0 spiro atoms. The lowest BCUT2D eigenvalue weighted by molar-refractivity contribution is 0.730. The highest BCUT2D eigenvalue weighted by atomic mass is 15.3. The SMILES string of the molecule is Cc1nn(C)c(C)c1CNc1cccc(N2CCCC2)c1. The fourth-order valence-electron chi connectivity index (χ4n) is 3.05. The largest absolute Gasteiger partial charge is 0.381 e. The molecule has 0 saturated carbocycles. The third-order valence-corrected chi connectivity index (χ3v) is 4.45. The van der Waals surface area contributed by atoms with Crippen molar-refractivity contribution in [3.8, 4) is 0 Å². The molecule has 0 bridgehead atoms. The van der Waals surface area contributed by atoms with Crippen LogP contribution in [0.15, 0.2) is 24.3 Å². The van der Waals surface area contributed by atoms with Gasteiger partial charge in [0.2, 0.25) is 0 Å². The van der Waals surface area contributed by atoms with Gasteiger partial charge in [0.25, 0.3) is 0 Å². The Hall–Kier alpha value is -1.97. The monoisotopic (exact) mass is 284 g/mol. The molecule has 2 heterocycles. The molecule has 0 amide bonds. The fraction of sp³-hybridized carbons (Fsp3) is 0.471. The van der Waals surface area contributed by atoms with Gasteiger partial charge in [-0.25, -0.2) is 0 Å². The minimum absolute atomic E-state index is 0.828. The Labute approximate surface area is 126 Å². The van der Waals surface area contributed by atoms with Crippen molar-refractivity contribution in [1.29, 1.82) is 0 Å². The van der Waals surface area contributed by atoms with E-state index in [4.69, 9.17) is 0 Å². The predicted octanol–water partition coefficient (Wildman–Crippen LogP) is 3.25. The lowest BCUT2D eigenvalue weighted by Gasteiger charge is -2.18. The first-order valence-corrected chi connectivity index (χ1v) is 7.73. The van der Waals surface area contributed by atoms with E-state index in [0.29, 0.717) is 0 Å². The summed E-state index contributed by atoms with van der Waals surface area (Å²) in [6.07, 6.45) is 2.62. The van der Waals surface area contributed by atoms with Crippen molar-refractivity contribution < 1.29 is 0 Å². The molecule has 2 aromatic rings. The molecular weight excluding hydrogens is 260 g/mol. The molecule has 1 aliphatic rings. The van der Waals surface area contributed by atoms with E-state index in [1.54, 1.807) is 0 Å². The Morgan fingerprint density at radius 3 is 2.62 bits per heavy atom. The molecule has 21 heavy (non-hydrogen) atoms. The maximum Gasteiger partial charge on any atom is 0.0646 e. The van der Waals surface area contributed by atoms with Gasteiger partial charge in [-0.3, -0.25) is 4.68 Å². The molecule has 0 radical (unpaired) electrons. The van der Waals surface area contributed by atoms with Gasteiger partial charge in [0.1, 0.15) is 0 Å². The maximum atomic E-state index is 4.47. The van der Waals surface area contributed by atoms with E-state index in [-0.39, 0.29) is 0 Å². The molecule has 1 aromatic heterocycles. The smallest absolute Gasteiger partial charge is 0.0646 e. The Morgan fingerprint density at radius 1 is 1.19 bits per heavy atom. The standard InChI is InChI=1S/C17H24N4/c1-13-17(14(2)20(3)19-13)12-18-15-7-6-8-16(11-15)21-9-4-5-10-21/h6-8,11,18H,4-5,9-10,12H2,1-3H3. The zero-order valence-corrected chi connectivity index (χ0v) is 13.2. The van der Waals surface area contributed by atoms with Crippen molar-refractivity contribution in [2.75, 3.05) is 23.3 Å². The van der Waals surface area contributed by atoms with Crippen molar-refractivity contribution in [2.24, 2.45) is 7.05 Å². The molecule has 3 rings (SSSR count). The molecule has 4 nitrogen and oxygen atoms in total. The summed E-state index contributed by atoms with van der Waals surface area (Å²) in [6.45, 7) is 7.39. The number of aryl methyl sites for hydroxylation is 2. The summed E-state index contributed by atoms with van der Waals surface area (Å²) in [5.74, 6) is 0. The normalized spacial score (nSPS) is 14.7. The van der Waals surface area contributed by atoms with Crippen LogP contribution < -0.4 is 10.2 Å². The quantitative estimate of drug-likeness (QED) is 0.935. The summed E-state index contributed by atoms with van der Waals surface area (Å²) in [4.78, 5) is 2.46. The van der Waals surface area contributed by atoms with Crippen LogP contribution in [0.5, 0.6) is 0 Å².